The molecule has 1 saturated heterocycles. The number of aliphatic hydroxyl groups excluding tert-OH is 1. The molecule has 0 saturated carbocycles. The second kappa shape index (κ2) is 14.9. The number of hydrogen-bond acceptors (Lipinski definition) is 8. The van der Waals surface area contributed by atoms with Crippen LogP contribution in [0.1, 0.15) is 16.7 Å². The zero-order chi connectivity index (χ0) is 27.5. The lowest BCUT2D eigenvalue weighted by Crippen LogP contribution is -2.49. The first kappa shape index (κ1) is 29.6. The minimum atomic E-state index is -4.11. The zero-order valence-electron chi connectivity index (χ0n) is 21.4. The number of epoxide rings is 1. The molecule has 0 aromatic heterocycles. The molecule has 1 fully saturated rings. The van der Waals surface area contributed by atoms with E-state index in [9.17, 15) is 13.5 Å². The Balaban J connectivity index is 1.60. The van der Waals surface area contributed by atoms with Crippen molar-refractivity contribution in [3.63, 3.8) is 0 Å². The second-order valence-electron chi connectivity index (χ2n) is 9.15. The largest absolute Gasteiger partial charge is 0.394 e. The van der Waals surface area contributed by atoms with Gasteiger partial charge in [0.15, 0.2) is 0 Å². The highest BCUT2D eigenvalue weighted by molar-refractivity contribution is 7.87. The molecule has 1 heterocycles. The molecule has 5 atom stereocenters. The molecule has 3 aromatic rings. The van der Waals surface area contributed by atoms with Gasteiger partial charge in [-0.15, -0.1) is 11.6 Å². The van der Waals surface area contributed by atoms with Crippen molar-refractivity contribution in [3.05, 3.63) is 108 Å². The first-order chi connectivity index (χ1) is 19.0. The van der Waals surface area contributed by atoms with Gasteiger partial charge in [0.1, 0.15) is 35.7 Å². The van der Waals surface area contributed by atoms with Gasteiger partial charge in [-0.1, -0.05) is 91.0 Å². The fraction of sp³-hybridized carbons (Fsp3) is 0.379. The van der Waals surface area contributed by atoms with Crippen molar-refractivity contribution in [2.24, 2.45) is 0 Å². The van der Waals surface area contributed by atoms with Gasteiger partial charge in [-0.25, -0.2) is 0 Å². The molecule has 39 heavy (non-hydrogen) atoms. The molecule has 10 heteroatoms. The number of alkyl halides is 1. The monoisotopic (exact) mass is 576 g/mol. The van der Waals surface area contributed by atoms with Crippen molar-refractivity contribution in [2.75, 3.05) is 18.4 Å². The summed E-state index contributed by atoms with van der Waals surface area (Å²) in [6, 6.07) is 28.5. The fourth-order valence-corrected chi connectivity index (χ4v) is 4.92. The van der Waals surface area contributed by atoms with E-state index in [1.54, 1.807) is 0 Å². The number of ether oxygens (including phenoxy) is 4. The summed E-state index contributed by atoms with van der Waals surface area (Å²) in [5.41, 5.74) is 2.71. The Kier molecular flexibility index (Phi) is 11.3. The lowest BCUT2D eigenvalue weighted by Gasteiger charge is -2.32. The van der Waals surface area contributed by atoms with Crippen molar-refractivity contribution < 1.29 is 36.7 Å². The van der Waals surface area contributed by atoms with E-state index in [-0.39, 0.29) is 33.0 Å². The van der Waals surface area contributed by atoms with E-state index >= 15 is 0 Å². The van der Waals surface area contributed by atoms with Crippen LogP contribution in [0.4, 0.5) is 0 Å². The first-order valence-corrected chi connectivity index (χ1v) is 14.8. The van der Waals surface area contributed by atoms with Crippen LogP contribution in [0.3, 0.4) is 0 Å². The topological polar surface area (TPSA) is 104 Å². The third-order valence-corrected chi connectivity index (χ3v) is 7.79. The molecule has 0 radical (unpaired) electrons. The predicted octanol–water partition coefficient (Wildman–Crippen LogP) is 4.05. The molecule has 0 unspecified atom stereocenters. The minimum Gasteiger partial charge on any atom is -0.394 e. The highest BCUT2D eigenvalue weighted by atomic mass is 35.5. The molecule has 210 valence electrons. The predicted molar refractivity (Wildman–Crippen MR) is 146 cm³/mol. The van der Waals surface area contributed by atoms with Gasteiger partial charge in [0.05, 0.1) is 33.0 Å². The summed E-state index contributed by atoms with van der Waals surface area (Å²) < 4.78 is 54.9. The summed E-state index contributed by atoms with van der Waals surface area (Å²) in [5, 5.41) is 9.01. The van der Waals surface area contributed by atoms with Crippen molar-refractivity contribution >= 4 is 21.7 Å². The van der Waals surface area contributed by atoms with E-state index in [4.69, 9.17) is 34.7 Å². The Morgan fingerprint density at radius 2 is 1.31 bits per heavy atom. The lowest BCUT2D eigenvalue weighted by atomic mass is 10.0. The Labute approximate surface area is 234 Å². The highest BCUT2D eigenvalue weighted by Gasteiger charge is 2.51. The van der Waals surface area contributed by atoms with Crippen molar-refractivity contribution in [1.82, 2.24) is 0 Å². The average Bonchev–Trinajstić information content (AvgIpc) is 3.75. The Bertz CT molecular complexity index is 1210. The van der Waals surface area contributed by atoms with Crippen molar-refractivity contribution in [1.29, 1.82) is 0 Å². The molecule has 8 nitrogen and oxygen atoms in total. The zero-order valence-corrected chi connectivity index (χ0v) is 23.0. The summed E-state index contributed by atoms with van der Waals surface area (Å²) in [6.45, 7) is 0.284. The SMILES string of the molecule is O=S(=O)(CCl)O[C@@H](COCc1ccccc1)[C@@H](OCc1ccccc1)[C@H](OCc1ccccc1)[C@H]1O[C@@H]1CO. The number of halogens is 1. The molecule has 4 rings (SSSR count). The van der Waals surface area contributed by atoms with Crippen LogP contribution >= 0.6 is 11.6 Å². The Hall–Kier alpha value is -2.34. The molecular formula is C29H33ClO8S. The minimum absolute atomic E-state index is 0.119. The molecule has 1 aliphatic heterocycles. The van der Waals surface area contributed by atoms with Crippen LogP contribution in [-0.4, -0.2) is 62.5 Å². The number of benzene rings is 3. The van der Waals surface area contributed by atoms with Crippen molar-refractivity contribution in [2.45, 2.75) is 50.3 Å². The summed E-state index contributed by atoms with van der Waals surface area (Å²) >= 11 is 5.70. The average molecular weight is 577 g/mol. The van der Waals surface area contributed by atoms with E-state index in [2.05, 4.69) is 0 Å². The maximum atomic E-state index is 12.6. The highest BCUT2D eigenvalue weighted by Crippen LogP contribution is 2.33. The van der Waals surface area contributed by atoms with Crippen LogP contribution in [0.25, 0.3) is 0 Å². The quantitative estimate of drug-likeness (QED) is 0.146. The van der Waals surface area contributed by atoms with Gasteiger partial charge in [-0.05, 0) is 16.7 Å². The third-order valence-electron chi connectivity index (χ3n) is 6.18. The van der Waals surface area contributed by atoms with Gasteiger partial charge in [0, 0.05) is 0 Å². The van der Waals surface area contributed by atoms with Crippen molar-refractivity contribution in [3.8, 4) is 0 Å². The van der Waals surface area contributed by atoms with E-state index in [1.807, 2.05) is 91.0 Å². The van der Waals surface area contributed by atoms with Crippen LogP contribution in [0.2, 0.25) is 0 Å². The van der Waals surface area contributed by atoms with E-state index in [0.717, 1.165) is 16.7 Å². The fourth-order valence-electron chi connectivity index (χ4n) is 4.17. The molecular weight excluding hydrogens is 544 g/mol. The summed E-state index contributed by atoms with van der Waals surface area (Å²) in [6.07, 6.45) is -3.82. The maximum Gasteiger partial charge on any atom is 0.281 e. The van der Waals surface area contributed by atoms with E-state index in [0.29, 0.717) is 0 Å². The van der Waals surface area contributed by atoms with E-state index in [1.165, 1.54) is 0 Å². The van der Waals surface area contributed by atoms with Gasteiger partial charge in [-0.2, -0.15) is 8.42 Å². The molecule has 1 N–H and O–H groups in total. The third kappa shape index (κ3) is 9.37. The normalized spacial score (nSPS) is 19.3. The molecule has 1 aliphatic rings. The van der Waals surface area contributed by atoms with E-state index < -0.39 is 45.8 Å². The van der Waals surface area contributed by atoms with Gasteiger partial charge >= 0.3 is 0 Å². The first-order valence-electron chi connectivity index (χ1n) is 12.6. The number of rotatable bonds is 17. The van der Waals surface area contributed by atoms with Gasteiger partial charge in [-0.3, -0.25) is 4.18 Å². The van der Waals surface area contributed by atoms with Gasteiger partial charge < -0.3 is 24.1 Å². The van der Waals surface area contributed by atoms with Gasteiger partial charge in [0.25, 0.3) is 10.1 Å². The maximum absolute atomic E-state index is 12.6. The van der Waals surface area contributed by atoms with Gasteiger partial charge in [0.2, 0.25) is 0 Å². The molecule has 3 aromatic carbocycles. The summed E-state index contributed by atoms with van der Waals surface area (Å²) in [4.78, 5) is 0. The van der Waals surface area contributed by atoms with Crippen LogP contribution in [-0.2, 0) is 53.1 Å². The van der Waals surface area contributed by atoms with Crippen LogP contribution in [0, 0.1) is 0 Å². The second-order valence-corrected chi connectivity index (χ2v) is 11.3. The lowest BCUT2D eigenvalue weighted by molar-refractivity contribution is -0.145. The Morgan fingerprint density at radius 1 is 0.795 bits per heavy atom. The molecule has 0 amide bonds. The molecule has 0 bridgehead atoms. The van der Waals surface area contributed by atoms with Crippen LogP contribution in [0.15, 0.2) is 91.0 Å². The smallest absolute Gasteiger partial charge is 0.281 e. The van der Waals surface area contributed by atoms with Crippen LogP contribution in [0.5, 0.6) is 0 Å². The summed E-state index contributed by atoms with van der Waals surface area (Å²) in [5.74, 6) is 0. The number of hydrogen-bond donors (Lipinski definition) is 1. The number of aliphatic hydroxyl groups is 1. The summed E-state index contributed by atoms with van der Waals surface area (Å²) in [7, 11) is -4.11. The Morgan fingerprint density at radius 3 is 1.79 bits per heavy atom. The molecule has 0 spiro atoms. The van der Waals surface area contributed by atoms with Crippen LogP contribution < -0.4 is 0 Å². The molecule has 0 aliphatic carbocycles. The standard InChI is InChI=1S/C29H33ClO8S/c30-21-39(32,33)38-26(20-34-17-22-10-4-1-5-11-22)27(35-18-23-12-6-2-7-13-23)29(28-25(16-31)37-28)36-19-24-14-8-3-9-15-24/h1-15,25-29,31H,16-21H2/t25-,26+,27-,28+,29+/m1/s1.